The summed E-state index contributed by atoms with van der Waals surface area (Å²) in [6.07, 6.45) is 0. The van der Waals surface area contributed by atoms with Gasteiger partial charge in [-0.3, -0.25) is 0 Å². The predicted molar refractivity (Wildman–Crippen MR) is 104 cm³/mol. The highest BCUT2D eigenvalue weighted by molar-refractivity contribution is 7.14. The number of thiazole rings is 1. The van der Waals surface area contributed by atoms with Gasteiger partial charge in [0.2, 0.25) is 6.79 Å². The van der Waals surface area contributed by atoms with Crippen molar-refractivity contribution in [3.8, 4) is 28.5 Å². The summed E-state index contributed by atoms with van der Waals surface area (Å²) in [6.45, 7) is 7.08. The first-order valence-electron chi connectivity index (χ1n) is 8.50. The van der Waals surface area contributed by atoms with Gasteiger partial charge >= 0.3 is 0 Å². The van der Waals surface area contributed by atoms with Crippen molar-refractivity contribution in [2.75, 3.05) is 18.7 Å². The zero-order valence-electron chi connectivity index (χ0n) is 15.0. The molecule has 0 aliphatic carbocycles. The van der Waals surface area contributed by atoms with Crippen LogP contribution in [0.3, 0.4) is 0 Å². The fraction of sp³-hybridized carbons (Fsp3) is 0.250. The second-order valence-electron chi connectivity index (χ2n) is 6.10. The molecule has 0 fully saturated rings. The van der Waals surface area contributed by atoms with E-state index in [0.717, 1.165) is 50.5 Å². The molecule has 0 amide bonds. The molecule has 3 aromatic rings. The molecule has 0 saturated heterocycles. The van der Waals surface area contributed by atoms with Crippen molar-refractivity contribution in [1.29, 1.82) is 0 Å². The maximum Gasteiger partial charge on any atom is 0.231 e. The van der Waals surface area contributed by atoms with Crippen molar-refractivity contribution in [3.05, 3.63) is 46.8 Å². The summed E-state index contributed by atoms with van der Waals surface area (Å²) < 4.78 is 16.4. The molecule has 0 bridgehead atoms. The lowest BCUT2D eigenvalue weighted by molar-refractivity contribution is 0.174. The van der Waals surface area contributed by atoms with Crippen LogP contribution in [0.15, 0.2) is 35.7 Å². The summed E-state index contributed by atoms with van der Waals surface area (Å²) in [5.74, 6) is 2.46. The third kappa shape index (κ3) is 3.20. The first kappa shape index (κ1) is 16.7. The van der Waals surface area contributed by atoms with Gasteiger partial charge in [0, 0.05) is 22.7 Å². The van der Waals surface area contributed by atoms with Crippen LogP contribution >= 0.6 is 11.3 Å². The monoisotopic (exact) mass is 368 g/mol. The molecule has 5 nitrogen and oxygen atoms in total. The molecule has 4 rings (SSSR count). The molecule has 2 heterocycles. The van der Waals surface area contributed by atoms with Crippen LogP contribution in [0.2, 0.25) is 0 Å². The smallest absolute Gasteiger partial charge is 0.231 e. The number of aryl methyl sites for hydroxylation is 2. The Morgan fingerprint density at radius 1 is 1.12 bits per heavy atom. The Morgan fingerprint density at radius 3 is 2.81 bits per heavy atom. The van der Waals surface area contributed by atoms with E-state index in [1.807, 2.05) is 25.1 Å². The summed E-state index contributed by atoms with van der Waals surface area (Å²) in [7, 11) is 0. The number of nitrogens with one attached hydrogen (secondary N) is 1. The molecular weight excluding hydrogens is 348 g/mol. The van der Waals surface area contributed by atoms with Crippen LogP contribution in [0.1, 0.15) is 18.1 Å². The minimum Gasteiger partial charge on any atom is -0.494 e. The summed E-state index contributed by atoms with van der Waals surface area (Å²) in [6, 6.07) is 10.0. The molecule has 0 radical (unpaired) electrons. The van der Waals surface area contributed by atoms with Crippen molar-refractivity contribution in [1.82, 2.24) is 4.98 Å². The lowest BCUT2D eigenvalue weighted by Gasteiger charge is -2.11. The quantitative estimate of drug-likeness (QED) is 0.662. The normalized spacial score (nSPS) is 12.3. The number of hydrogen-bond donors (Lipinski definition) is 1. The molecule has 6 heteroatoms. The van der Waals surface area contributed by atoms with Gasteiger partial charge in [0.05, 0.1) is 12.3 Å². The Kier molecular flexibility index (Phi) is 4.42. The molecule has 1 aliphatic rings. The molecule has 0 atom stereocenters. The van der Waals surface area contributed by atoms with Crippen LogP contribution in [0.5, 0.6) is 17.2 Å². The number of nitrogens with zero attached hydrogens (tertiary/aromatic N) is 1. The van der Waals surface area contributed by atoms with Crippen molar-refractivity contribution < 1.29 is 14.2 Å². The summed E-state index contributed by atoms with van der Waals surface area (Å²) in [4.78, 5) is 4.74. The van der Waals surface area contributed by atoms with Gasteiger partial charge in [-0.15, -0.1) is 11.3 Å². The first-order valence-corrected chi connectivity index (χ1v) is 9.38. The van der Waals surface area contributed by atoms with Gasteiger partial charge in [0.1, 0.15) is 5.75 Å². The third-order valence-corrected chi connectivity index (χ3v) is 4.98. The Labute approximate surface area is 156 Å². The second-order valence-corrected chi connectivity index (χ2v) is 6.95. The maximum absolute atomic E-state index is 5.68. The summed E-state index contributed by atoms with van der Waals surface area (Å²) in [5.41, 5.74) is 5.28. The molecule has 1 aromatic heterocycles. The first-order chi connectivity index (χ1) is 12.6. The van der Waals surface area contributed by atoms with Crippen LogP contribution in [0.25, 0.3) is 11.3 Å². The molecule has 1 N–H and O–H groups in total. The number of aromatic nitrogens is 1. The fourth-order valence-corrected chi connectivity index (χ4v) is 3.66. The predicted octanol–water partition coefficient (Wildman–Crippen LogP) is 5.30. The summed E-state index contributed by atoms with van der Waals surface area (Å²) >= 11 is 1.58. The summed E-state index contributed by atoms with van der Waals surface area (Å²) in [5, 5.41) is 6.24. The van der Waals surface area contributed by atoms with Gasteiger partial charge in [-0.05, 0) is 56.2 Å². The van der Waals surface area contributed by atoms with Gasteiger partial charge in [-0.25, -0.2) is 4.98 Å². The molecule has 0 unspecified atom stereocenters. The molecule has 0 saturated carbocycles. The number of hydrogen-bond acceptors (Lipinski definition) is 6. The van der Waals surface area contributed by atoms with E-state index in [4.69, 9.17) is 19.2 Å². The Balaban J connectivity index is 1.57. The van der Waals surface area contributed by atoms with Crippen LogP contribution in [-0.4, -0.2) is 18.4 Å². The number of anilines is 2. The molecule has 134 valence electrons. The standard InChI is InChI=1S/C20H20N2O3S/c1-4-23-18-8-12(2)15(7-13(18)3)16-10-26-20(22-16)21-14-5-6-17-19(9-14)25-11-24-17/h5-10H,4,11H2,1-3H3,(H,21,22). The van der Waals surface area contributed by atoms with Crippen molar-refractivity contribution >= 4 is 22.2 Å². The third-order valence-electron chi connectivity index (χ3n) is 4.23. The zero-order chi connectivity index (χ0) is 18.1. The topological polar surface area (TPSA) is 52.6 Å². The molecular formula is C20H20N2O3S. The van der Waals surface area contributed by atoms with Crippen LogP contribution in [-0.2, 0) is 0 Å². The van der Waals surface area contributed by atoms with Gasteiger partial charge in [-0.2, -0.15) is 0 Å². The Bertz CT molecular complexity index is 952. The van der Waals surface area contributed by atoms with Crippen LogP contribution in [0, 0.1) is 13.8 Å². The van der Waals surface area contributed by atoms with E-state index in [9.17, 15) is 0 Å². The molecule has 1 aliphatic heterocycles. The SMILES string of the molecule is CCOc1cc(C)c(-c2csc(Nc3ccc4c(c3)OCO4)n2)cc1C. The zero-order valence-corrected chi connectivity index (χ0v) is 15.8. The van der Waals surface area contributed by atoms with E-state index in [-0.39, 0.29) is 6.79 Å². The van der Waals surface area contributed by atoms with Crippen molar-refractivity contribution in [2.45, 2.75) is 20.8 Å². The number of ether oxygens (including phenoxy) is 3. The van der Waals surface area contributed by atoms with Crippen molar-refractivity contribution in [3.63, 3.8) is 0 Å². The Morgan fingerprint density at radius 2 is 1.96 bits per heavy atom. The Hall–Kier alpha value is -2.73. The molecule has 2 aromatic carbocycles. The fourth-order valence-electron chi connectivity index (χ4n) is 2.93. The van der Waals surface area contributed by atoms with Gasteiger partial charge in [0.15, 0.2) is 16.6 Å². The minimum atomic E-state index is 0.274. The number of benzene rings is 2. The van der Waals surface area contributed by atoms with Gasteiger partial charge in [-0.1, -0.05) is 0 Å². The number of fused-ring (bicyclic) bond motifs is 1. The van der Waals surface area contributed by atoms with E-state index in [0.29, 0.717) is 6.61 Å². The highest BCUT2D eigenvalue weighted by atomic mass is 32.1. The van der Waals surface area contributed by atoms with E-state index in [1.54, 1.807) is 11.3 Å². The maximum atomic E-state index is 5.68. The van der Waals surface area contributed by atoms with E-state index < -0.39 is 0 Å². The lowest BCUT2D eigenvalue weighted by Crippen LogP contribution is -1.96. The van der Waals surface area contributed by atoms with Crippen molar-refractivity contribution in [2.24, 2.45) is 0 Å². The number of rotatable bonds is 5. The highest BCUT2D eigenvalue weighted by Crippen LogP contribution is 2.36. The lowest BCUT2D eigenvalue weighted by atomic mass is 10.0. The highest BCUT2D eigenvalue weighted by Gasteiger charge is 2.14. The van der Waals surface area contributed by atoms with Crippen LogP contribution in [0.4, 0.5) is 10.8 Å². The van der Waals surface area contributed by atoms with E-state index in [1.165, 1.54) is 0 Å². The van der Waals surface area contributed by atoms with Gasteiger partial charge < -0.3 is 19.5 Å². The largest absolute Gasteiger partial charge is 0.494 e. The second kappa shape index (κ2) is 6.88. The minimum absolute atomic E-state index is 0.274. The molecule has 26 heavy (non-hydrogen) atoms. The van der Waals surface area contributed by atoms with E-state index in [2.05, 4.69) is 36.7 Å². The molecule has 0 spiro atoms. The average molecular weight is 368 g/mol. The average Bonchev–Trinajstić information content (AvgIpc) is 3.27. The van der Waals surface area contributed by atoms with Crippen LogP contribution < -0.4 is 19.5 Å². The van der Waals surface area contributed by atoms with Gasteiger partial charge in [0.25, 0.3) is 0 Å². The van der Waals surface area contributed by atoms with E-state index >= 15 is 0 Å².